The summed E-state index contributed by atoms with van der Waals surface area (Å²) in [5.74, 6) is 0. The Kier molecular flexibility index (Phi) is 4.79. The van der Waals surface area contributed by atoms with Crippen LogP contribution in [0.1, 0.15) is 43.9 Å². The van der Waals surface area contributed by atoms with Crippen molar-refractivity contribution in [3.8, 4) is 0 Å². The Morgan fingerprint density at radius 2 is 2.06 bits per heavy atom. The number of aryl methyl sites for hydroxylation is 1. The molecular formula is C16H26N2. The van der Waals surface area contributed by atoms with Gasteiger partial charge in [-0.25, -0.2) is 0 Å². The van der Waals surface area contributed by atoms with E-state index in [-0.39, 0.29) is 0 Å². The zero-order valence-electron chi connectivity index (χ0n) is 11.9. The van der Waals surface area contributed by atoms with Crippen LogP contribution in [0.4, 0.5) is 0 Å². The first-order valence-electron chi connectivity index (χ1n) is 7.24. The Hall–Kier alpha value is -0.860. The summed E-state index contributed by atoms with van der Waals surface area (Å²) in [6, 6.07) is 10.2. The quantitative estimate of drug-likeness (QED) is 0.858. The number of nitrogens with one attached hydrogen (secondary N) is 1. The van der Waals surface area contributed by atoms with Gasteiger partial charge in [-0.1, -0.05) is 36.8 Å². The third-order valence-electron chi connectivity index (χ3n) is 4.01. The molecule has 1 fully saturated rings. The molecule has 2 rings (SSSR count). The zero-order chi connectivity index (χ0) is 13.0. The van der Waals surface area contributed by atoms with Crippen molar-refractivity contribution in [3.63, 3.8) is 0 Å². The van der Waals surface area contributed by atoms with E-state index in [1.165, 1.54) is 37.1 Å². The molecule has 1 aliphatic heterocycles. The fraction of sp³-hybridized carbons (Fsp3) is 0.625. The van der Waals surface area contributed by atoms with Crippen LogP contribution >= 0.6 is 0 Å². The monoisotopic (exact) mass is 246 g/mol. The number of nitrogens with zero attached hydrogens (tertiary/aromatic N) is 1. The normalized spacial score (nSPS) is 22.3. The van der Waals surface area contributed by atoms with Gasteiger partial charge in [0.25, 0.3) is 0 Å². The molecule has 0 bridgehead atoms. The largest absolute Gasteiger partial charge is 0.313 e. The van der Waals surface area contributed by atoms with Gasteiger partial charge in [-0.05, 0) is 38.8 Å². The van der Waals surface area contributed by atoms with Crippen LogP contribution in [0.25, 0.3) is 0 Å². The van der Waals surface area contributed by atoms with Crippen LogP contribution in [0, 0.1) is 6.92 Å². The van der Waals surface area contributed by atoms with Crippen LogP contribution in [-0.2, 0) is 0 Å². The van der Waals surface area contributed by atoms with Crippen molar-refractivity contribution < 1.29 is 0 Å². The van der Waals surface area contributed by atoms with E-state index >= 15 is 0 Å². The molecule has 2 unspecified atom stereocenters. The molecule has 1 aromatic rings. The van der Waals surface area contributed by atoms with Crippen LogP contribution in [0.3, 0.4) is 0 Å². The van der Waals surface area contributed by atoms with E-state index in [2.05, 4.69) is 55.3 Å². The lowest BCUT2D eigenvalue weighted by Crippen LogP contribution is -2.33. The average molecular weight is 246 g/mol. The highest BCUT2D eigenvalue weighted by molar-refractivity contribution is 5.24. The molecule has 0 aromatic heterocycles. The van der Waals surface area contributed by atoms with Crippen molar-refractivity contribution in [2.24, 2.45) is 0 Å². The Balaban J connectivity index is 1.90. The van der Waals surface area contributed by atoms with Gasteiger partial charge >= 0.3 is 0 Å². The van der Waals surface area contributed by atoms with Crippen molar-refractivity contribution in [2.45, 2.75) is 45.7 Å². The van der Waals surface area contributed by atoms with Gasteiger partial charge in [0.2, 0.25) is 0 Å². The minimum absolute atomic E-state index is 0.541. The van der Waals surface area contributed by atoms with Crippen LogP contribution in [0.2, 0.25) is 0 Å². The van der Waals surface area contributed by atoms with Gasteiger partial charge in [0, 0.05) is 25.2 Å². The number of rotatable bonds is 5. The lowest BCUT2D eigenvalue weighted by Gasteiger charge is -2.25. The maximum atomic E-state index is 3.64. The van der Waals surface area contributed by atoms with E-state index in [9.17, 15) is 0 Å². The molecule has 1 aromatic carbocycles. The van der Waals surface area contributed by atoms with Crippen molar-refractivity contribution in [3.05, 3.63) is 35.4 Å². The Morgan fingerprint density at radius 1 is 1.33 bits per heavy atom. The van der Waals surface area contributed by atoms with Gasteiger partial charge in [-0.3, -0.25) is 4.90 Å². The molecule has 2 atom stereocenters. The van der Waals surface area contributed by atoms with Gasteiger partial charge in [0.15, 0.2) is 0 Å². The van der Waals surface area contributed by atoms with Crippen molar-refractivity contribution >= 4 is 0 Å². The Bertz CT molecular complexity index is 358. The summed E-state index contributed by atoms with van der Waals surface area (Å²) in [6.45, 7) is 10.3. The highest BCUT2D eigenvalue weighted by Crippen LogP contribution is 2.24. The predicted octanol–water partition coefficient (Wildman–Crippen LogP) is 3.13. The van der Waals surface area contributed by atoms with Crippen molar-refractivity contribution in [2.75, 3.05) is 19.6 Å². The first-order chi connectivity index (χ1) is 8.70. The maximum absolute atomic E-state index is 3.64. The number of hydrogen-bond donors (Lipinski definition) is 1. The van der Waals surface area contributed by atoms with Gasteiger partial charge in [-0.15, -0.1) is 0 Å². The third-order valence-corrected chi connectivity index (χ3v) is 4.01. The number of likely N-dealkylation sites (tertiary alicyclic amines) is 1. The topological polar surface area (TPSA) is 15.3 Å². The molecule has 100 valence electrons. The molecule has 2 heteroatoms. The lowest BCUT2D eigenvalue weighted by molar-refractivity contribution is 0.256. The molecule has 1 N–H and O–H groups in total. The molecule has 1 aliphatic rings. The minimum Gasteiger partial charge on any atom is -0.313 e. The van der Waals surface area contributed by atoms with Crippen LogP contribution in [-0.4, -0.2) is 30.6 Å². The average Bonchev–Trinajstić information content (AvgIpc) is 2.85. The first-order valence-corrected chi connectivity index (χ1v) is 7.24. The highest BCUT2D eigenvalue weighted by atomic mass is 15.2. The number of benzene rings is 1. The first kappa shape index (κ1) is 13.6. The third kappa shape index (κ3) is 3.33. The van der Waals surface area contributed by atoms with E-state index in [1.807, 2.05) is 0 Å². The molecule has 0 radical (unpaired) electrons. The standard InChI is InChI=1S/C16H26N2/c1-4-10-17-16-9-11-18(12-16)14(3)15-7-5-13(2)6-8-15/h5-8,14,16-17H,4,9-12H2,1-3H3. The van der Waals surface area contributed by atoms with E-state index < -0.39 is 0 Å². The lowest BCUT2D eigenvalue weighted by atomic mass is 10.1. The molecular weight excluding hydrogens is 220 g/mol. The fourth-order valence-corrected chi connectivity index (χ4v) is 2.71. The maximum Gasteiger partial charge on any atom is 0.0320 e. The summed E-state index contributed by atoms with van der Waals surface area (Å²) in [4.78, 5) is 2.60. The molecule has 1 saturated heterocycles. The summed E-state index contributed by atoms with van der Waals surface area (Å²) in [7, 11) is 0. The Labute approximate surface area is 111 Å². The SMILES string of the molecule is CCCNC1CCN(C(C)c2ccc(C)cc2)C1. The van der Waals surface area contributed by atoms with Gasteiger partial charge in [0.05, 0.1) is 0 Å². The van der Waals surface area contributed by atoms with Crippen molar-refractivity contribution in [1.82, 2.24) is 10.2 Å². The fourth-order valence-electron chi connectivity index (χ4n) is 2.71. The van der Waals surface area contributed by atoms with E-state index in [4.69, 9.17) is 0 Å². The molecule has 0 amide bonds. The summed E-state index contributed by atoms with van der Waals surface area (Å²) in [5, 5.41) is 3.64. The van der Waals surface area contributed by atoms with Crippen molar-refractivity contribution in [1.29, 1.82) is 0 Å². The second-order valence-electron chi connectivity index (χ2n) is 5.52. The number of hydrogen-bond acceptors (Lipinski definition) is 2. The molecule has 0 spiro atoms. The second-order valence-corrected chi connectivity index (χ2v) is 5.52. The summed E-state index contributed by atoms with van der Waals surface area (Å²) in [6.07, 6.45) is 2.51. The molecule has 2 nitrogen and oxygen atoms in total. The van der Waals surface area contributed by atoms with E-state index in [0.29, 0.717) is 12.1 Å². The van der Waals surface area contributed by atoms with Gasteiger partial charge in [0.1, 0.15) is 0 Å². The molecule has 0 aliphatic carbocycles. The zero-order valence-corrected chi connectivity index (χ0v) is 11.9. The smallest absolute Gasteiger partial charge is 0.0320 e. The van der Waals surface area contributed by atoms with Crippen LogP contribution in [0.5, 0.6) is 0 Å². The van der Waals surface area contributed by atoms with Crippen LogP contribution in [0.15, 0.2) is 24.3 Å². The van der Waals surface area contributed by atoms with E-state index in [1.54, 1.807) is 0 Å². The summed E-state index contributed by atoms with van der Waals surface area (Å²) < 4.78 is 0. The summed E-state index contributed by atoms with van der Waals surface area (Å²) >= 11 is 0. The van der Waals surface area contributed by atoms with Crippen LogP contribution < -0.4 is 5.32 Å². The molecule has 18 heavy (non-hydrogen) atoms. The van der Waals surface area contributed by atoms with Gasteiger partial charge in [-0.2, -0.15) is 0 Å². The summed E-state index contributed by atoms with van der Waals surface area (Å²) in [5.41, 5.74) is 2.78. The Morgan fingerprint density at radius 3 is 2.72 bits per heavy atom. The predicted molar refractivity (Wildman–Crippen MR) is 77.9 cm³/mol. The molecule has 0 saturated carbocycles. The minimum atomic E-state index is 0.541. The highest BCUT2D eigenvalue weighted by Gasteiger charge is 2.25. The second kappa shape index (κ2) is 6.35. The van der Waals surface area contributed by atoms with Gasteiger partial charge < -0.3 is 5.32 Å². The van der Waals surface area contributed by atoms with E-state index in [0.717, 1.165) is 6.54 Å². The molecule has 1 heterocycles.